The van der Waals surface area contributed by atoms with Gasteiger partial charge < -0.3 is 0 Å². The molecular weight excluding hydrogens is 264 g/mol. The second kappa shape index (κ2) is 4.53. The standard InChI is InChI=1S/C11H8N6O3/c18-8(12-11-13-15-16-14-11)5-17-9(19)6-3-1-2-4-7(6)10(17)20/h1-4H,5H2,(H2,12,13,14,15,16,18). The van der Waals surface area contributed by atoms with Crippen LogP contribution in [-0.4, -0.2) is 49.8 Å². The second-order valence-corrected chi connectivity index (χ2v) is 4.03. The molecule has 0 saturated heterocycles. The zero-order valence-corrected chi connectivity index (χ0v) is 10.0. The molecule has 1 aliphatic heterocycles. The number of aromatic nitrogens is 4. The number of nitrogens with zero attached hydrogens (tertiary/aromatic N) is 4. The smallest absolute Gasteiger partial charge is 0.269 e. The number of carbonyl (C=O) groups is 3. The van der Waals surface area contributed by atoms with Crippen molar-refractivity contribution in [3.05, 3.63) is 35.4 Å². The average molecular weight is 272 g/mol. The molecule has 1 aromatic carbocycles. The lowest BCUT2D eigenvalue weighted by Gasteiger charge is -2.12. The number of H-pyrrole nitrogens is 1. The van der Waals surface area contributed by atoms with Gasteiger partial charge in [-0.05, 0) is 17.3 Å². The van der Waals surface area contributed by atoms with Crippen molar-refractivity contribution >= 4 is 23.7 Å². The monoisotopic (exact) mass is 272 g/mol. The molecule has 100 valence electrons. The van der Waals surface area contributed by atoms with Gasteiger partial charge in [0.05, 0.1) is 11.1 Å². The van der Waals surface area contributed by atoms with Gasteiger partial charge in [0.2, 0.25) is 5.91 Å². The number of carbonyl (C=O) groups excluding carboxylic acids is 3. The summed E-state index contributed by atoms with van der Waals surface area (Å²) in [5, 5.41) is 14.8. The third-order valence-corrected chi connectivity index (χ3v) is 2.78. The van der Waals surface area contributed by atoms with E-state index in [0.717, 1.165) is 4.90 Å². The number of rotatable bonds is 3. The highest BCUT2D eigenvalue weighted by molar-refractivity contribution is 6.22. The van der Waals surface area contributed by atoms with Crippen molar-refractivity contribution in [2.75, 3.05) is 11.9 Å². The van der Waals surface area contributed by atoms with E-state index >= 15 is 0 Å². The number of hydrogen-bond acceptors (Lipinski definition) is 6. The molecule has 20 heavy (non-hydrogen) atoms. The minimum absolute atomic E-state index is 0.0217. The van der Waals surface area contributed by atoms with Crippen molar-refractivity contribution < 1.29 is 14.4 Å². The summed E-state index contributed by atoms with van der Waals surface area (Å²) in [6, 6.07) is 6.42. The van der Waals surface area contributed by atoms with E-state index < -0.39 is 24.3 Å². The van der Waals surface area contributed by atoms with E-state index in [1.807, 2.05) is 0 Å². The van der Waals surface area contributed by atoms with Gasteiger partial charge in [0.15, 0.2) is 0 Å². The number of hydrogen-bond donors (Lipinski definition) is 2. The first-order chi connectivity index (χ1) is 9.66. The highest BCUT2D eigenvalue weighted by atomic mass is 16.2. The lowest BCUT2D eigenvalue weighted by atomic mass is 10.1. The summed E-state index contributed by atoms with van der Waals surface area (Å²) >= 11 is 0. The summed E-state index contributed by atoms with van der Waals surface area (Å²) < 4.78 is 0. The van der Waals surface area contributed by atoms with Gasteiger partial charge in [0, 0.05) is 0 Å². The van der Waals surface area contributed by atoms with Gasteiger partial charge in [-0.3, -0.25) is 24.6 Å². The Morgan fingerprint density at radius 1 is 1.20 bits per heavy atom. The molecule has 2 N–H and O–H groups in total. The van der Waals surface area contributed by atoms with Crippen LogP contribution in [0.25, 0.3) is 0 Å². The van der Waals surface area contributed by atoms with E-state index in [2.05, 4.69) is 25.9 Å². The van der Waals surface area contributed by atoms with Gasteiger partial charge in [-0.2, -0.15) is 5.21 Å². The maximum atomic E-state index is 12.0. The van der Waals surface area contributed by atoms with Crippen LogP contribution in [0.4, 0.5) is 5.95 Å². The van der Waals surface area contributed by atoms with Gasteiger partial charge in [-0.1, -0.05) is 17.2 Å². The SMILES string of the molecule is O=C(CN1C(=O)c2ccccc2C1=O)Nc1nn[nH]n1. The molecule has 0 atom stereocenters. The van der Waals surface area contributed by atoms with Crippen molar-refractivity contribution in [2.24, 2.45) is 0 Å². The molecule has 9 heteroatoms. The zero-order valence-electron chi connectivity index (χ0n) is 10.0. The Balaban J connectivity index is 1.75. The number of anilines is 1. The molecule has 0 saturated carbocycles. The van der Waals surface area contributed by atoms with Crippen molar-refractivity contribution in [1.82, 2.24) is 25.5 Å². The van der Waals surface area contributed by atoms with Crippen molar-refractivity contribution in [3.8, 4) is 0 Å². The first kappa shape index (κ1) is 12.0. The molecule has 2 heterocycles. The van der Waals surface area contributed by atoms with Crippen LogP contribution in [0.1, 0.15) is 20.7 Å². The van der Waals surface area contributed by atoms with E-state index in [-0.39, 0.29) is 5.95 Å². The van der Waals surface area contributed by atoms with E-state index in [9.17, 15) is 14.4 Å². The predicted octanol–water partition coefficient (Wildman–Crippen LogP) is -0.566. The molecule has 0 fully saturated rings. The number of nitrogens with one attached hydrogen (secondary N) is 2. The third-order valence-electron chi connectivity index (χ3n) is 2.78. The summed E-state index contributed by atoms with van der Waals surface area (Å²) in [5.74, 6) is -1.59. The molecule has 0 spiro atoms. The van der Waals surface area contributed by atoms with E-state index in [4.69, 9.17) is 0 Å². The molecule has 3 rings (SSSR count). The lowest BCUT2D eigenvalue weighted by molar-refractivity contribution is -0.116. The quantitative estimate of drug-likeness (QED) is 0.722. The average Bonchev–Trinajstić information content (AvgIpc) is 3.03. The van der Waals surface area contributed by atoms with Gasteiger partial charge >= 0.3 is 0 Å². The molecule has 0 aliphatic carbocycles. The summed E-state index contributed by atoms with van der Waals surface area (Å²) in [5.41, 5.74) is 0.592. The van der Waals surface area contributed by atoms with E-state index in [1.54, 1.807) is 24.3 Å². The third kappa shape index (κ3) is 1.90. The number of fused-ring (bicyclic) bond motifs is 1. The first-order valence-electron chi connectivity index (χ1n) is 5.65. The zero-order chi connectivity index (χ0) is 14.1. The highest BCUT2D eigenvalue weighted by Crippen LogP contribution is 2.21. The molecule has 1 aliphatic rings. The summed E-state index contributed by atoms with van der Waals surface area (Å²) in [7, 11) is 0. The summed E-state index contributed by atoms with van der Waals surface area (Å²) in [6.45, 7) is -0.402. The Kier molecular flexibility index (Phi) is 2.71. The number of imide groups is 1. The molecule has 1 aromatic heterocycles. The van der Waals surface area contributed by atoms with Gasteiger partial charge in [-0.15, -0.1) is 5.10 Å². The number of benzene rings is 1. The fraction of sp³-hybridized carbons (Fsp3) is 0.0909. The van der Waals surface area contributed by atoms with Crippen LogP contribution in [0.5, 0.6) is 0 Å². The summed E-state index contributed by atoms with van der Waals surface area (Å²) in [6.07, 6.45) is 0. The van der Waals surface area contributed by atoms with Crippen molar-refractivity contribution in [3.63, 3.8) is 0 Å². The van der Waals surface area contributed by atoms with Gasteiger partial charge in [0.25, 0.3) is 17.8 Å². The Morgan fingerprint density at radius 3 is 2.40 bits per heavy atom. The van der Waals surface area contributed by atoms with Crippen molar-refractivity contribution in [2.45, 2.75) is 0 Å². The molecule has 9 nitrogen and oxygen atoms in total. The Morgan fingerprint density at radius 2 is 1.85 bits per heavy atom. The van der Waals surface area contributed by atoms with Crippen LogP contribution >= 0.6 is 0 Å². The predicted molar refractivity (Wildman–Crippen MR) is 64.6 cm³/mol. The Labute approximate surface area is 112 Å². The van der Waals surface area contributed by atoms with Crippen LogP contribution in [0.2, 0.25) is 0 Å². The van der Waals surface area contributed by atoms with Crippen molar-refractivity contribution in [1.29, 1.82) is 0 Å². The summed E-state index contributed by atoms with van der Waals surface area (Å²) in [4.78, 5) is 36.6. The van der Waals surface area contributed by atoms with Crippen LogP contribution in [0.3, 0.4) is 0 Å². The van der Waals surface area contributed by atoms with Crippen LogP contribution in [0, 0.1) is 0 Å². The Bertz CT molecular complexity index is 661. The minimum Gasteiger partial charge on any atom is -0.290 e. The van der Waals surface area contributed by atoms with Gasteiger partial charge in [-0.25, -0.2) is 0 Å². The number of amides is 3. The normalized spacial score (nSPS) is 13.5. The van der Waals surface area contributed by atoms with Crippen LogP contribution in [-0.2, 0) is 4.79 Å². The molecule has 0 bridgehead atoms. The minimum atomic E-state index is -0.582. The maximum Gasteiger partial charge on any atom is 0.269 e. The number of aromatic amines is 1. The molecular formula is C11H8N6O3. The Hall–Kier alpha value is -3.10. The lowest BCUT2D eigenvalue weighted by Crippen LogP contribution is -2.37. The second-order valence-electron chi connectivity index (χ2n) is 4.03. The largest absolute Gasteiger partial charge is 0.290 e. The van der Waals surface area contributed by atoms with Gasteiger partial charge in [0.1, 0.15) is 6.54 Å². The van der Waals surface area contributed by atoms with Crippen LogP contribution < -0.4 is 5.32 Å². The molecule has 0 radical (unpaired) electrons. The fourth-order valence-electron chi connectivity index (χ4n) is 1.91. The fourth-order valence-corrected chi connectivity index (χ4v) is 1.91. The number of tetrazole rings is 1. The molecule has 3 amide bonds. The molecule has 2 aromatic rings. The maximum absolute atomic E-state index is 12.0. The van der Waals surface area contributed by atoms with E-state index in [1.165, 1.54) is 0 Å². The van der Waals surface area contributed by atoms with Crippen LogP contribution in [0.15, 0.2) is 24.3 Å². The van der Waals surface area contributed by atoms with E-state index in [0.29, 0.717) is 11.1 Å². The first-order valence-corrected chi connectivity index (χ1v) is 5.65. The highest BCUT2D eigenvalue weighted by Gasteiger charge is 2.36. The molecule has 0 unspecified atom stereocenters. The topological polar surface area (TPSA) is 121 Å².